The first-order valence-electron chi connectivity index (χ1n) is 22.9. The van der Waals surface area contributed by atoms with Crippen LogP contribution in [0.4, 0.5) is 0 Å². The van der Waals surface area contributed by atoms with Gasteiger partial charge < -0.3 is 52.5 Å². The van der Waals surface area contributed by atoms with Gasteiger partial charge in [0.15, 0.2) is 6.29 Å². The van der Waals surface area contributed by atoms with Crippen LogP contribution < -0.4 is 0 Å². The zero-order valence-corrected chi connectivity index (χ0v) is 41.5. The van der Waals surface area contributed by atoms with Crippen LogP contribution in [0.25, 0.3) is 20.9 Å². The van der Waals surface area contributed by atoms with Crippen LogP contribution in [0.1, 0.15) is 34.7 Å². The number of nitrogens with zero attached hydrogens (tertiary/aromatic N) is 6. The van der Waals surface area contributed by atoms with Gasteiger partial charge in [-0.15, -0.1) is 0 Å². The standard InChI is InChI=1S/C51H52Cl3N7O12/c1-34(62)65-33-41-42(66-28-36-19-9-3-10-20-36)45(68-30-38-23-13-5-14-24-38)50(59-61-57,69-31-39-25-15-6-16-26-39)48(71-41)72-43-40(32-64-27-35-17-7-2-8-18-35)70-47(73-46(55)51(52,53)54)49(63,58-60-56)44(43)67-29-37-21-11-4-12-22-37/h2-26,40-45,47-48,55,63H,27-33H2,1H3. The summed E-state index contributed by atoms with van der Waals surface area (Å²) in [7, 11) is 0. The molecule has 19 nitrogen and oxygen atoms in total. The van der Waals surface area contributed by atoms with Crippen molar-refractivity contribution in [2.24, 2.45) is 10.2 Å². The largest absolute Gasteiger partial charge is 0.463 e. The summed E-state index contributed by atoms with van der Waals surface area (Å²) in [6.07, 6.45) is -13.0. The number of aliphatic hydroxyl groups is 1. The second-order valence-corrected chi connectivity index (χ2v) is 19.0. The predicted octanol–water partition coefficient (Wildman–Crippen LogP) is 9.94. The van der Waals surface area contributed by atoms with Gasteiger partial charge in [0.1, 0.15) is 43.2 Å². The maximum Gasteiger partial charge on any atom is 0.302 e. The van der Waals surface area contributed by atoms with E-state index in [0.29, 0.717) is 16.7 Å². The molecular weight excluding hydrogens is 1010 g/mol. The van der Waals surface area contributed by atoms with E-state index in [1.807, 2.05) is 97.1 Å². The van der Waals surface area contributed by atoms with Crippen LogP contribution in [0.5, 0.6) is 0 Å². The molecule has 7 rings (SSSR count). The van der Waals surface area contributed by atoms with Crippen molar-refractivity contribution in [1.29, 1.82) is 5.41 Å². The summed E-state index contributed by atoms with van der Waals surface area (Å²) in [5, 5.41) is 29.4. The van der Waals surface area contributed by atoms with Gasteiger partial charge in [0, 0.05) is 16.7 Å². The molecule has 2 aliphatic heterocycles. The number of hydrogen-bond acceptors (Lipinski definition) is 15. The molecule has 2 fully saturated rings. The topological polar surface area (TPSA) is 251 Å². The smallest absolute Gasteiger partial charge is 0.302 e. The third kappa shape index (κ3) is 14.7. The van der Waals surface area contributed by atoms with Crippen molar-refractivity contribution in [1.82, 2.24) is 0 Å². The van der Waals surface area contributed by atoms with Gasteiger partial charge in [0.2, 0.25) is 23.6 Å². The SMILES string of the molecule is CC(=O)OCC1OC(OC2C(COCc3ccccc3)OC(OC(=N)C(Cl)(Cl)Cl)C(O)(N=[N+]=[N-])C2OCc2ccccc2)C(N=[N+]=[N-])(OCc2ccccc2)C(OCc2ccccc2)C1OCc1ccccc1. The molecule has 10 unspecified atom stereocenters. The molecule has 5 aromatic rings. The van der Waals surface area contributed by atoms with Gasteiger partial charge in [-0.25, -0.2) is 0 Å². The second kappa shape index (κ2) is 26.4. The molecule has 0 radical (unpaired) electrons. The molecule has 0 spiro atoms. The Bertz CT molecular complexity index is 2630. The lowest BCUT2D eigenvalue weighted by Crippen LogP contribution is -2.72. The van der Waals surface area contributed by atoms with E-state index in [4.69, 9.17) is 87.6 Å². The van der Waals surface area contributed by atoms with Crippen molar-refractivity contribution >= 4 is 46.7 Å². The highest BCUT2D eigenvalue weighted by molar-refractivity contribution is 6.76. The number of nitrogens with one attached hydrogen (secondary N) is 1. The van der Waals surface area contributed by atoms with Crippen molar-refractivity contribution in [3.8, 4) is 0 Å². The number of carbonyl (C=O) groups excluding carboxylic acids is 1. The lowest BCUT2D eigenvalue weighted by Gasteiger charge is -2.54. The highest BCUT2D eigenvalue weighted by atomic mass is 35.6. The van der Waals surface area contributed by atoms with Gasteiger partial charge in [-0.05, 0) is 44.0 Å². The van der Waals surface area contributed by atoms with Gasteiger partial charge in [-0.1, -0.05) is 192 Å². The molecule has 5 aromatic carbocycles. The number of benzene rings is 5. The maximum absolute atomic E-state index is 12.8. The van der Waals surface area contributed by atoms with Crippen molar-refractivity contribution in [2.75, 3.05) is 13.2 Å². The minimum absolute atomic E-state index is 0.0241. The van der Waals surface area contributed by atoms with E-state index >= 15 is 0 Å². The molecule has 0 bridgehead atoms. The lowest BCUT2D eigenvalue weighted by atomic mass is 9.90. The quantitative estimate of drug-likeness (QED) is 0.0118. The number of carbonyl (C=O) groups is 1. The minimum atomic E-state index is -2.96. The van der Waals surface area contributed by atoms with Gasteiger partial charge in [0.05, 0.1) is 39.6 Å². The Morgan fingerprint density at radius 2 is 1.07 bits per heavy atom. The predicted molar refractivity (Wildman–Crippen MR) is 266 cm³/mol. The van der Waals surface area contributed by atoms with Crippen LogP contribution in [0.2, 0.25) is 0 Å². The molecule has 0 amide bonds. The summed E-state index contributed by atoms with van der Waals surface area (Å²) in [5.74, 6) is -1.67. The van der Waals surface area contributed by atoms with E-state index in [9.17, 15) is 21.0 Å². The average Bonchev–Trinajstić information content (AvgIpc) is 3.39. The first kappa shape index (κ1) is 54.9. The van der Waals surface area contributed by atoms with Gasteiger partial charge in [-0.3, -0.25) is 10.2 Å². The molecule has 0 aromatic heterocycles. The number of hydrogen-bond donors (Lipinski definition) is 2. The normalized spacial score (nSPS) is 25.9. The molecule has 2 saturated heterocycles. The van der Waals surface area contributed by atoms with Crippen LogP contribution in [0.15, 0.2) is 162 Å². The van der Waals surface area contributed by atoms with Crippen LogP contribution in [0, 0.1) is 5.41 Å². The Kier molecular flexibility index (Phi) is 19.9. The van der Waals surface area contributed by atoms with Crippen molar-refractivity contribution in [2.45, 2.75) is 104 Å². The van der Waals surface area contributed by atoms with E-state index in [-0.39, 0.29) is 39.6 Å². The van der Waals surface area contributed by atoms with Gasteiger partial charge in [-0.2, -0.15) is 0 Å². The van der Waals surface area contributed by atoms with Crippen LogP contribution in [-0.2, 0) is 85.2 Å². The van der Waals surface area contributed by atoms with Crippen molar-refractivity contribution < 1.29 is 57.3 Å². The first-order chi connectivity index (χ1) is 35.3. The van der Waals surface area contributed by atoms with Gasteiger partial charge in [0.25, 0.3) is 3.79 Å². The van der Waals surface area contributed by atoms with E-state index < -0.39 is 82.9 Å². The Labute approximate surface area is 435 Å². The highest BCUT2D eigenvalue weighted by Crippen LogP contribution is 2.45. The molecule has 384 valence electrons. The molecule has 73 heavy (non-hydrogen) atoms. The molecule has 2 N–H and O–H groups in total. The number of azide groups is 2. The number of alkyl halides is 3. The third-order valence-electron chi connectivity index (χ3n) is 11.6. The Morgan fingerprint density at radius 3 is 1.55 bits per heavy atom. The Morgan fingerprint density at radius 1 is 0.630 bits per heavy atom. The van der Waals surface area contributed by atoms with E-state index in [1.165, 1.54) is 6.92 Å². The van der Waals surface area contributed by atoms with Crippen LogP contribution >= 0.6 is 34.8 Å². The van der Waals surface area contributed by atoms with Crippen molar-refractivity contribution in [3.05, 3.63) is 200 Å². The summed E-state index contributed by atoms with van der Waals surface area (Å²) < 4.78 is 62.2. The minimum Gasteiger partial charge on any atom is -0.463 e. The summed E-state index contributed by atoms with van der Waals surface area (Å²) in [4.78, 5) is 18.8. The summed E-state index contributed by atoms with van der Waals surface area (Å²) in [5.41, 5.74) is 18.9. The second-order valence-electron chi connectivity index (χ2n) is 16.7. The number of rotatable bonds is 23. The average molecular weight is 1060 g/mol. The maximum atomic E-state index is 12.8. The molecule has 10 atom stereocenters. The number of ether oxygens (including phenoxy) is 10. The molecule has 0 aliphatic carbocycles. The zero-order chi connectivity index (χ0) is 51.7. The summed E-state index contributed by atoms with van der Waals surface area (Å²) in [6.45, 7) is -0.183. The van der Waals surface area contributed by atoms with E-state index in [1.54, 1.807) is 54.6 Å². The fourth-order valence-corrected chi connectivity index (χ4v) is 8.21. The molecule has 2 heterocycles. The Balaban J connectivity index is 1.40. The molecule has 22 heteroatoms. The summed E-state index contributed by atoms with van der Waals surface area (Å²) in [6, 6.07) is 45.3. The first-order valence-corrected chi connectivity index (χ1v) is 24.0. The molecular formula is C51H52Cl3N7O12. The zero-order valence-electron chi connectivity index (χ0n) is 39.3. The van der Waals surface area contributed by atoms with Crippen LogP contribution in [0.3, 0.4) is 0 Å². The third-order valence-corrected chi connectivity index (χ3v) is 12.1. The fourth-order valence-electron chi connectivity index (χ4n) is 8.08. The molecule has 0 saturated carbocycles. The monoisotopic (exact) mass is 1060 g/mol. The number of halogens is 3. The highest BCUT2D eigenvalue weighted by Gasteiger charge is 2.65. The van der Waals surface area contributed by atoms with E-state index in [0.717, 1.165) is 11.1 Å². The number of esters is 1. The Hall–Kier alpha value is -5.83. The summed E-state index contributed by atoms with van der Waals surface area (Å²) >= 11 is 18.2. The fraction of sp³-hybridized carbons (Fsp3) is 0.373. The lowest BCUT2D eigenvalue weighted by molar-refractivity contribution is -0.404. The molecule has 2 aliphatic rings. The van der Waals surface area contributed by atoms with Crippen molar-refractivity contribution in [3.63, 3.8) is 0 Å². The van der Waals surface area contributed by atoms with E-state index in [2.05, 4.69) is 20.1 Å². The van der Waals surface area contributed by atoms with Gasteiger partial charge >= 0.3 is 5.97 Å². The van der Waals surface area contributed by atoms with Crippen LogP contribution in [-0.4, -0.2) is 94.6 Å².